The first kappa shape index (κ1) is 12.9. The van der Waals surface area contributed by atoms with Gasteiger partial charge in [-0.05, 0) is 59.0 Å². The molecular formula is C15H29N3. The van der Waals surface area contributed by atoms with Gasteiger partial charge in [0.25, 0.3) is 0 Å². The molecule has 2 heterocycles. The molecule has 0 bridgehead atoms. The number of nitrogens with one attached hydrogen (secondary N) is 1. The predicted octanol–water partition coefficient (Wildman–Crippen LogP) is 1.54. The Balaban J connectivity index is 1.62. The van der Waals surface area contributed by atoms with Crippen molar-refractivity contribution >= 4 is 0 Å². The zero-order chi connectivity index (χ0) is 12.8. The zero-order valence-corrected chi connectivity index (χ0v) is 12.3. The van der Waals surface area contributed by atoms with Gasteiger partial charge in [0.05, 0.1) is 0 Å². The van der Waals surface area contributed by atoms with E-state index in [1.807, 2.05) is 0 Å². The lowest BCUT2D eigenvalue weighted by molar-refractivity contribution is 0.0407. The molecule has 2 aliphatic heterocycles. The standard InChI is InChI=1S/C15H29N3/c1-12-10-14(6-8-17(12)3)18-9-7-16-15(2,11-18)13-4-5-13/h12-14,16H,4-11H2,1-3H3. The summed E-state index contributed by atoms with van der Waals surface area (Å²) in [4.78, 5) is 5.30. The summed E-state index contributed by atoms with van der Waals surface area (Å²) >= 11 is 0. The van der Waals surface area contributed by atoms with Crippen molar-refractivity contribution in [1.82, 2.24) is 15.1 Å². The summed E-state index contributed by atoms with van der Waals surface area (Å²) in [5, 5.41) is 3.79. The molecule has 2 saturated heterocycles. The second-order valence-corrected chi connectivity index (χ2v) is 7.10. The van der Waals surface area contributed by atoms with Gasteiger partial charge < -0.3 is 10.2 Å². The molecule has 3 heteroatoms. The molecule has 104 valence electrons. The Morgan fingerprint density at radius 2 is 1.94 bits per heavy atom. The second kappa shape index (κ2) is 4.77. The number of piperidine rings is 1. The van der Waals surface area contributed by atoms with Gasteiger partial charge in [-0.25, -0.2) is 0 Å². The van der Waals surface area contributed by atoms with Crippen molar-refractivity contribution in [2.24, 2.45) is 5.92 Å². The van der Waals surface area contributed by atoms with Crippen LogP contribution in [0.1, 0.15) is 39.5 Å². The van der Waals surface area contributed by atoms with Crippen LogP contribution in [-0.4, -0.2) is 60.6 Å². The van der Waals surface area contributed by atoms with Crippen LogP contribution in [0.3, 0.4) is 0 Å². The molecule has 3 unspecified atom stereocenters. The van der Waals surface area contributed by atoms with Crippen LogP contribution in [0.2, 0.25) is 0 Å². The number of likely N-dealkylation sites (tertiary alicyclic amines) is 1. The number of hydrogen-bond donors (Lipinski definition) is 1. The molecule has 0 spiro atoms. The minimum atomic E-state index is 0.408. The summed E-state index contributed by atoms with van der Waals surface area (Å²) in [6.45, 7) is 9.83. The van der Waals surface area contributed by atoms with Crippen LogP contribution in [-0.2, 0) is 0 Å². The minimum Gasteiger partial charge on any atom is -0.309 e. The van der Waals surface area contributed by atoms with Gasteiger partial charge in [0.2, 0.25) is 0 Å². The molecule has 0 radical (unpaired) electrons. The van der Waals surface area contributed by atoms with E-state index in [0.29, 0.717) is 5.54 Å². The number of nitrogens with zero attached hydrogens (tertiary/aromatic N) is 2. The average molecular weight is 251 g/mol. The van der Waals surface area contributed by atoms with Gasteiger partial charge in [0, 0.05) is 37.3 Å². The lowest BCUT2D eigenvalue weighted by atomic mass is 9.89. The van der Waals surface area contributed by atoms with Crippen molar-refractivity contribution in [1.29, 1.82) is 0 Å². The van der Waals surface area contributed by atoms with E-state index in [2.05, 4.69) is 36.0 Å². The van der Waals surface area contributed by atoms with Crippen molar-refractivity contribution in [3.63, 3.8) is 0 Å². The fourth-order valence-corrected chi connectivity index (χ4v) is 3.94. The predicted molar refractivity (Wildman–Crippen MR) is 75.8 cm³/mol. The Labute approximate surface area is 112 Å². The highest BCUT2D eigenvalue weighted by Crippen LogP contribution is 2.41. The third kappa shape index (κ3) is 2.45. The molecule has 1 N–H and O–H groups in total. The molecule has 1 saturated carbocycles. The maximum Gasteiger partial charge on any atom is 0.0309 e. The maximum atomic E-state index is 3.79. The van der Waals surface area contributed by atoms with Crippen molar-refractivity contribution in [3.8, 4) is 0 Å². The first-order valence-electron chi connectivity index (χ1n) is 7.78. The van der Waals surface area contributed by atoms with E-state index in [1.165, 1.54) is 51.9 Å². The highest BCUT2D eigenvalue weighted by Gasteiger charge is 2.45. The number of rotatable bonds is 2. The van der Waals surface area contributed by atoms with E-state index in [9.17, 15) is 0 Å². The number of hydrogen-bond acceptors (Lipinski definition) is 3. The molecule has 3 nitrogen and oxygen atoms in total. The van der Waals surface area contributed by atoms with E-state index in [-0.39, 0.29) is 0 Å². The SMILES string of the molecule is CC1CC(N2CCNC(C)(C3CC3)C2)CCN1C. The fraction of sp³-hybridized carbons (Fsp3) is 1.00. The van der Waals surface area contributed by atoms with E-state index >= 15 is 0 Å². The lowest BCUT2D eigenvalue weighted by Crippen LogP contribution is -2.63. The Bertz CT molecular complexity index is 302. The molecule has 3 aliphatic rings. The first-order chi connectivity index (χ1) is 8.58. The number of piperazine rings is 1. The summed E-state index contributed by atoms with van der Waals surface area (Å²) in [6.07, 6.45) is 5.61. The second-order valence-electron chi connectivity index (χ2n) is 7.10. The van der Waals surface area contributed by atoms with Crippen molar-refractivity contribution in [2.75, 3.05) is 33.2 Å². The highest BCUT2D eigenvalue weighted by atomic mass is 15.3. The van der Waals surface area contributed by atoms with Gasteiger partial charge in [0.15, 0.2) is 0 Å². The summed E-state index contributed by atoms with van der Waals surface area (Å²) in [7, 11) is 2.27. The Kier molecular flexibility index (Phi) is 3.41. The van der Waals surface area contributed by atoms with Crippen LogP contribution in [0.25, 0.3) is 0 Å². The lowest BCUT2D eigenvalue weighted by Gasteiger charge is -2.48. The highest BCUT2D eigenvalue weighted by molar-refractivity contribution is 5.03. The van der Waals surface area contributed by atoms with Crippen molar-refractivity contribution in [3.05, 3.63) is 0 Å². The first-order valence-corrected chi connectivity index (χ1v) is 7.78. The van der Waals surface area contributed by atoms with Gasteiger partial charge in [0.1, 0.15) is 0 Å². The quantitative estimate of drug-likeness (QED) is 0.803. The molecule has 3 fully saturated rings. The van der Waals surface area contributed by atoms with E-state index in [1.54, 1.807) is 0 Å². The Morgan fingerprint density at radius 1 is 1.17 bits per heavy atom. The van der Waals surface area contributed by atoms with E-state index in [0.717, 1.165) is 18.0 Å². The Morgan fingerprint density at radius 3 is 2.61 bits per heavy atom. The molecule has 1 aliphatic carbocycles. The largest absolute Gasteiger partial charge is 0.309 e. The smallest absolute Gasteiger partial charge is 0.0309 e. The summed E-state index contributed by atoms with van der Waals surface area (Å²) < 4.78 is 0. The van der Waals surface area contributed by atoms with Crippen LogP contribution < -0.4 is 5.32 Å². The molecule has 0 aromatic carbocycles. The molecule has 3 rings (SSSR count). The van der Waals surface area contributed by atoms with Gasteiger partial charge in [-0.3, -0.25) is 4.90 Å². The van der Waals surface area contributed by atoms with Crippen molar-refractivity contribution < 1.29 is 0 Å². The molecule has 18 heavy (non-hydrogen) atoms. The summed E-state index contributed by atoms with van der Waals surface area (Å²) in [6, 6.07) is 1.59. The van der Waals surface area contributed by atoms with Gasteiger partial charge in [-0.2, -0.15) is 0 Å². The summed E-state index contributed by atoms with van der Waals surface area (Å²) in [5.41, 5.74) is 0.408. The molecule has 0 aromatic rings. The average Bonchev–Trinajstić information content (AvgIpc) is 3.17. The van der Waals surface area contributed by atoms with Crippen LogP contribution in [0.5, 0.6) is 0 Å². The molecule has 3 atom stereocenters. The normalized spacial score (nSPS) is 44.2. The third-order valence-electron chi connectivity index (χ3n) is 5.63. The van der Waals surface area contributed by atoms with Crippen LogP contribution in [0.15, 0.2) is 0 Å². The van der Waals surface area contributed by atoms with Gasteiger partial charge in [-0.1, -0.05) is 0 Å². The third-order valence-corrected chi connectivity index (χ3v) is 5.63. The van der Waals surface area contributed by atoms with Crippen LogP contribution in [0, 0.1) is 5.92 Å². The van der Waals surface area contributed by atoms with Crippen molar-refractivity contribution in [2.45, 2.75) is 57.2 Å². The van der Waals surface area contributed by atoms with E-state index < -0.39 is 0 Å². The molecule has 0 amide bonds. The van der Waals surface area contributed by atoms with Gasteiger partial charge in [-0.15, -0.1) is 0 Å². The van der Waals surface area contributed by atoms with E-state index in [4.69, 9.17) is 0 Å². The topological polar surface area (TPSA) is 18.5 Å². The maximum absolute atomic E-state index is 3.79. The Hall–Kier alpha value is -0.120. The molecule has 0 aromatic heterocycles. The van der Waals surface area contributed by atoms with Crippen LogP contribution in [0.4, 0.5) is 0 Å². The molecular weight excluding hydrogens is 222 g/mol. The fourth-order valence-electron chi connectivity index (χ4n) is 3.94. The summed E-state index contributed by atoms with van der Waals surface area (Å²) in [5.74, 6) is 0.948. The van der Waals surface area contributed by atoms with Crippen LogP contribution >= 0.6 is 0 Å². The van der Waals surface area contributed by atoms with Gasteiger partial charge >= 0.3 is 0 Å². The minimum absolute atomic E-state index is 0.408. The monoisotopic (exact) mass is 251 g/mol. The zero-order valence-electron chi connectivity index (χ0n) is 12.3.